The molecular weight excluding hydrogens is 456 g/mol. The van der Waals surface area contributed by atoms with Crippen molar-refractivity contribution < 1.29 is 0 Å². The predicted molar refractivity (Wildman–Crippen MR) is 49.2 cm³/mol. The summed E-state index contributed by atoms with van der Waals surface area (Å²) in [5.74, 6) is 0. The molecule has 0 nitrogen and oxygen atoms in total. The third-order valence-electron chi connectivity index (χ3n) is 0. The number of rotatable bonds is 0. The van der Waals surface area contributed by atoms with E-state index in [1.54, 1.807) is 0 Å². The third-order valence-corrected chi connectivity index (χ3v) is 0. The summed E-state index contributed by atoms with van der Waals surface area (Å²) in [4.78, 5) is 0. The van der Waals surface area contributed by atoms with Gasteiger partial charge < -0.3 is 0 Å². The zero-order valence-corrected chi connectivity index (χ0v) is 10.1. The first-order valence-electron chi connectivity index (χ1n) is 0.309. The van der Waals surface area contributed by atoms with E-state index >= 15 is 0 Å². The first-order valence-corrected chi connectivity index (χ1v) is 13.9. The van der Waals surface area contributed by atoms with E-state index in [1.807, 2.05) is 0 Å². The van der Waals surface area contributed by atoms with E-state index in [0.717, 1.165) is 0 Å². The summed E-state index contributed by atoms with van der Waals surface area (Å²) < 4.78 is 0. The molecule has 0 saturated heterocycles. The van der Waals surface area contributed by atoms with Gasteiger partial charge in [0.25, 0.3) is 0 Å². The molecule has 0 N–H and O–H groups in total. The summed E-state index contributed by atoms with van der Waals surface area (Å²) in [6, 6.07) is 0. The fourth-order valence-corrected chi connectivity index (χ4v) is 0. The SMILES string of the molecule is I[IH]I.[As]. The van der Waals surface area contributed by atoms with Crippen LogP contribution >= 0.6 is 50.5 Å². The smallest absolute Gasteiger partial charge is 0 e. The van der Waals surface area contributed by atoms with Gasteiger partial charge in [0, 0.05) is 18.0 Å². The zero-order chi connectivity index (χ0) is 2.71. The van der Waals surface area contributed by atoms with Crippen LogP contribution in [0.4, 0.5) is 0 Å². The van der Waals surface area contributed by atoms with Crippen molar-refractivity contribution in [2.45, 2.75) is 0 Å². The Bertz CT molecular complexity index is 3.25. The Morgan fingerprint density at radius 3 is 1.25 bits per heavy atom. The van der Waals surface area contributed by atoms with Crippen molar-refractivity contribution in [2.75, 3.05) is 0 Å². The van der Waals surface area contributed by atoms with Crippen molar-refractivity contribution in [1.82, 2.24) is 0 Å². The topological polar surface area (TPSA) is 0 Å². The van der Waals surface area contributed by atoms with Crippen LogP contribution in [0.15, 0.2) is 0 Å². The number of halogens is 3. The molecule has 0 unspecified atom stereocenters. The van der Waals surface area contributed by atoms with Crippen LogP contribution in [0.5, 0.6) is 0 Å². The molecule has 0 aliphatic carbocycles. The molecule has 0 amide bonds. The summed E-state index contributed by atoms with van der Waals surface area (Å²) in [5, 5.41) is 0. The molecule has 0 aliphatic heterocycles. The van der Waals surface area contributed by atoms with Crippen LogP contribution in [0, 0.1) is 0 Å². The van der Waals surface area contributed by atoms with Crippen LogP contribution < -0.4 is 0 Å². The van der Waals surface area contributed by atoms with Gasteiger partial charge in [0.1, 0.15) is 0 Å². The second-order valence-corrected chi connectivity index (χ2v) is 17.6. The van der Waals surface area contributed by atoms with Crippen LogP contribution in [-0.2, 0) is 0 Å². The molecule has 4 heteroatoms. The molecule has 0 bridgehead atoms. The average Bonchev–Trinajstić information content (AvgIpc) is 0.918. The van der Waals surface area contributed by atoms with Gasteiger partial charge in [0.15, 0.2) is 0 Å². The van der Waals surface area contributed by atoms with Gasteiger partial charge in [0.2, 0.25) is 0 Å². The maximum Gasteiger partial charge on any atom is 0 e. The molecule has 0 saturated carbocycles. The minimum absolute atomic E-state index is 0. The standard InChI is InChI=1S/As.HI3/c;1-3-2/h;3H. The first-order chi connectivity index (χ1) is 1.41. The number of hydrogen-bond donors (Lipinski definition) is 0. The monoisotopic (exact) mass is 457 g/mol. The van der Waals surface area contributed by atoms with Crippen molar-refractivity contribution in [3.05, 3.63) is 0 Å². The number of hydrogen-bond acceptors (Lipinski definition) is 0. The van der Waals surface area contributed by atoms with Gasteiger partial charge in [-0.25, -0.2) is 0 Å². The summed E-state index contributed by atoms with van der Waals surface area (Å²) in [5.41, 5.74) is 0. The summed E-state index contributed by atoms with van der Waals surface area (Å²) >= 11 is 5.22. The van der Waals surface area contributed by atoms with Crippen LogP contribution in [-0.4, -0.2) is 18.0 Å². The maximum atomic E-state index is 2.41. The van der Waals surface area contributed by atoms with Gasteiger partial charge in [-0.1, -0.05) is 0 Å². The molecule has 0 aromatic carbocycles. The van der Waals surface area contributed by atoms with Crippen LogP contribution in [0.25, 0.3) is 0 Å². The molecular formula is HAsI3. The molecule has 0 rings (SSSR count). The minimum Gasteiger partial charge on any atom is 0 e. The van der Waals surface area contributed by atoms with Gasteiger partial charge >= 0.3 is 50.5 Å². The van der Waals surface area contributed by atoms with Crippen LogP contribution in [0.1, 0.15) is 0 Å². The predicted octanol–water partition coefficient (Wildman–Crippen LogP) is 2.01. The van der Waals surface area contributed by atoms with Gasteiger partial charge in [-0.15, -0.1) is 0 Å². The van der Waals surface area contributed by atoms with Crippen LogP contribution in [0.2, 0.25) is 0 Å². The molecule has 0 aromatic heterocycles. The Balaban J connectivity index is 0. The third kappa shape index (κ3) is 8.83. The van der Waals surface area contributed by atoms with Crippen molar-refractivity contribution in [1.29, 1.82) is 0 Å². The Morgan fingerprint density at radius 1 is 1.25 bits per heavy atom. The molecule has 0 spiro atoms. The summed E-state index contributed by atoms with van der Waals surface area (Å²) in [6.07, 6.45) is 0. The van der Waals surface area contributed by atoms with E-state index in [9.17, 15) is 0 Å². The minimum atomic E-state index is 0. The van der Waals surface area contributed by atoms with E-state index in [0.29, 0.717) is 13.3 Å². The zero-order valence-electron chi connectivity index (χ0n) is 1.61. The fraction of sp³-hybridized carbons (Fsp3) is 0. The van der Waals surface area contributed by atoms with Gasteiger partial charge in [-0.3, -0.25) is 0 Å². The van der Waals surface area contributed by atoms with Crippen molar-refractivity contribution in [2.24, 2.45) is 0 Å². The molecule has 0 heterocycles. The normalized spacial score (nSPS) is 5.50. The van der Waals surface area contributed by atoms with E-state index in [-0.39, 0.29) is 18.0 Å². The molecule has 0 aliphatic rings. The van der Waals surface area contributed by atoms with E-state index in [4.69, 9.17) is 0 Å². The summed E-state index contributed by atoms with van der Waals surface area (Å²) in [7, 11) is 0. The Hall–Kier alpha value is 2.75. The second kappa shape index (κ2) is 9.22. The first kappa shape index (κ1) is 9.89. The average molecular weight is 457 g/mol. The Kier molecular flexibility index (Phi) is 22.8. The largest absolute Gasteiger partial charge is 0 e. The van der Waals surface area contributed by atoms with Crippen molar-refractivity contribution in [3.63, 3.8) is 0 Å². The Morgan fingerprint density at radius 2 is 1.25 bits per heavy atom. The molecule has 3 radical (unpaired) electrons. The molecule has 27 valence electrons. The maximum absolute atomic E-state index is 2.41. The molecule has 0 fully saturated rings. The van der Waals surface area contributed by atoms with Gasteiger partial charge in [-0.2, -0.15) is 0 Å². The quantitative estimate of drug-likeness (QED) is 0.387. The Labute approximate surface area is 66.8 Å². The van der Waals surface area contributed by atoms with E-state index < -0.39 is 0 Å². The second-order valence-electron chi connectivity index (χ2n) is 0.0583. The van der Waals surface area contributed by atoms with Crippen LogP contribution in [0.3, 0.4) is 0 Å². The van der Waals surface area contributed by atoms with Crippen molar-refractivity contribution >= 4 is 68.4 Å². The molecule has 0 aromatic rings. The summed E-state index contributed by atoms with van der Waals surface area (Å²) in [6.45, 7) is 0. The van der Waals surface area contributed by atoms with E-state index in [2.05, 4.69) is 37.2 Å². The fourth-order valence-electron chi connectivity index (χ4n) is 0. The van der Waals surface area contributed by atoms with Gasteiger partial charge in [0.05, 0.1) is 0 Å². The van der Waals surface area contributed by atoms with E-state index in [1.165, 1.54) is 0 Å². The van der Waals surface area contributed by atoms with Gasteiger partial charge in [-0.05, 0) is 0 Å². The van der Waals surface area contributed by atoms with Crippen molar-refractivity contribution in [3.8, 4) is 0 Å². The molecule has 0 atom stereocenters. The molecule has 4 heavy (non-hydrogen) atoms.